The summed E-state index contributed by atoms with van der Waals surface area (Å²) in [5, 5.41) is 10.2. The molecule has 2 aromatic rings. The molecule has 5 atom stereocenters. The van der Waals surface area contributed by atoms with Crippen molar-refractivity contribution >= 4 is 29.4 Å². The van der Waals surface area contributed by atoms with Crippen LogP contribution in [0.25, 0.3) is 18.0 Å². The number of anilines is 1. The molecule has 0 bridgehead atoms. The molecular formula is C46H40N4. The lowest BCUT2D eigenvalue weighted by molar-refractivity contribution is 0.525. The summed E-state index contributed by atoms with van der Waals surface area (Å²) >= 11 is 0. The number of fused-ring (bicyclic) bond motifs is 8. The lowest BCUT2D eigenvalue weighted by Gasteiger charge is -2.34. The van der Waals surface area contributed by atoms with E-state index < -0.39 is 0 Å². The van der Waals surface area contributed by atoms with Crippen molar-refractivity contribution in [3.8, 4) is 6.07 Å². The van der Waals surface area contributed by atoms with Crippen LogP contribution >= 0.6 is 0 Å². The fourth-order valence-corrected chi connectivity index (χ4v) is 9.89. The van der Waals surface area contributed by atoms with E-state index in [1.165, 1.54) is 39.5 Å². The second-order valence-electron chi connectivity index (χ2n) is 14.8. The molecule has 244 valence electrons. The van der Waals surface area contributed by atoms with Crippen molar-refractivity contribution in [1.29, 1.82) is 5.26 Å². The van der Waals surface area contributed by atoms with Crippen LogP contribution in [0.5, 0.6) is 0 Å². The first-order valence-corrected chi connectivity index (χ1v) is 18.4. The van der Waals surface area contributed by atoms with Gasteiger partial charge in [-0.2, -0.15) is 5.26 Å². The number of hydrogen-bond donors (Lipinski definition) is 0. The molecule has 0 radical (unpaired) electrons. The number of aliphatic imine (C=N–C) groups is 1. The highest BCUT2D eigenvalue weighted by molar-refractivity contribution is 6.14. The molecule has 2 aliphatic heterocycles. The highest BCUT2D eigenvalue weighted by Gasteiger charge is 2.44. The van der Waals surface area contributed by atoms with E-state index in [-0.39, 0.29) is 5.92 Å². The minimum Gasteiger partial charge on any atom is -0.334 e. The number of nitriles is 1. The average Bonchev–Trinajstić information content (AvgIpc) is 3.64. The van der Waals surface area contributed by atoms with E-state index in [1.54, 1.807) is 11.1 Å². The van der Waals surface area contributed by atoms with Crippen molar-refractivity contribution in [2.24, 2.45) is 28.7 Å². The van der Waals surface area contributed by atoms with Gasteiger partial charge < -0.3 is 4.90 Å². The fourth-order valence-electron chi connectivity index (χ4n) is 9.89. The summed E-state index contributed by atoms with van der Waals surface area (Å²) in [4.78, 5) is 7.69. The van der Waals surface area contributed by atoms with Crippen molar-refractivity contribution in [2.75, 3.05) is 4.90 Å². The van der Waals surface area contributed by atoms with Crippen LogP contribution in [0.2, 0.25) is 0 Å². The molecule has 10 rings (SSSR count). The van der Waals surface area contributed by atoms with Gasteiger partial charge in [-0.3, -0.25) is 4.57 Å². The molecule has 5 unspecified atom stereocenters. The van der Waals surface area contributed by atoms with E-state index in [0.29, 0.717) is 29.5 Å². The summed E-state index contributed by atoms with van der Waals surface area (Å²) < 4.78 is 2.36. The summed E-state index contributed by atoms with van der Waals surface area (Å²) in [5.41, 5.74) is 15.2. The maximum absolute atomic E-state index is 10.2. The van der Waals surface area contributed by atoms with E-state index in [4.69, 9.17) is 4.99 Å². The fraction of sp³-hybridized carbons (Fsp3) is 0.261. The van der Waals surface area contributed by atoms with Crippen LogP contribution in [0.1, 0.15) is 54.6 Å². The topological polar surface area (TPSA) is 44.3 Å². The van der Waals surface area contributed by atoms with Gasteiger partial charge in [0, 0.05) is 34.8 Å². The monoisotopic (exact) mass is 648 g/mol. The molecule has 0 saturated heterocycles. The number of nitrogens with zero attached hydrogens (tertiary/aromatic N) is 4. The smallest absolute Gasteiger partial charge is 0.146 e. The minimum atomic E-state index is 0.0995. The van der Waals surface area contributed by atoms with Crippen LogP contribution in [0.3, 0.4) is 0 Å². The van der Waals surface area contributed by atoms with Gasteiger partial charge >= 0.3 is 0 Å². The van der Waals surface area contributed by atoms with Crippen molar-refractivity contribution < 1.29 is 0 Å². The van der Waals surface area contributed by atoms with Crippen LogP contribution in [0.15, 0.2) is 148 Å². The predicted octanol–water partition coefficient (Wildman–Crippen LogP) is 10.0. The Bertz CT molecular complexity index is 2240. The molecule has 50 heavy (non-hydrogen) atoms. The van der Waals surface area contributed by atoms with Crippen molar-refractivity contribution in [2.45, 2.75) is 51.0 Å². The van der Waals surface area contributed by atoms with Crippen LogP contribution < -0.4 is 4.90 Å². The standard InChI is InChI=1S/C46H40N4/c1-29-25-45(48-40(28-47)36-16-8-7-14-34(29)36)50-41-18-10-9-17-37(41)38-26-31(20-22-42(38)50)32-21-23-43-39(27-32)46-35-15-6-5-11-30(35)19-24-44(46)49(43)33-12-3-2-4-13-33/h2-8,10-13,15-16,18-19,24-27,30,32,34-35,43H,1,9,14,17,20-23H2. The van der Waals surface area contributed by atoms with Gasteiger partial charge in [-0.05, 0) is 115 Å². The summed E-state index contributed by atoms with van der Waals surface area (Å²) in [7, 11) is 0. The molecule has 0 spiro atoms. The Morgan fingerprint density at radius 3 is 2.70 bits per heavy atom. The average molecular weight is 649 g/mol. The van der Waals surface area contributed by atoms with Crippen LogP contribution in [0, 0.1) is 35.0 Å². The van der Waals surface area contributed by atoms with Gasteiger partial charge in [0.2, 0.25) is 0 Å². The third-order valence-corrected chi connectivity index (χ3v) is 12.2. The third kappa shape index (κ3) is 4.46. The number of benzene rings is 1. The van der Waals surface area contributed by atoms with E-state index in [1.807, 2.05) is 12.2 Å². The SMILES string of the molecule is C=C1C=C(n2c3c(c4c2CCC(C2C=C5C6=C(C=CC7C=CC=CC67)N(c6ccccc6)C5CC2)=C4)CCC=C3)N=C(C#N)C2=CC=CCC12. The van der Waals surface area contributed by atoms with Gasteiger partial charge in [-0.25, -0.2) is 4.99 Å². The van der Waals surface area contributed by atoms with Gasteiger partial charge in [-0.15, -0.1) is 0 Å². The zero-order valence-corrected chi connectivity index (χ0v) is 28.3. The molecule has 4 nitrogen and oxygen atoms in total. The van der Waals surface area contributed by atoms with Gasteiger partial charge in [0.1, 0.15) is 17.6 Å². The first-order chi connectivity index (χ1) is 24.7. The number of hydrogen-bond acceptors (Lipinski definition) is 3. The van der Waals surface area contributed by atoms with Crippen LogP contribution in [-0.4, -0.2) is 16.3 Å². The van der Waals surface area contributed by atoms with E-state index in [2.05, 4.69) is 125 Å². The summed E-state index contributed by atoms with van der Waals surface area (Å²) in [6, 6.07) is 13.8. The van der Waals surface area contributed by atoms with Gasteiger partial charge in [0.05, 0.1) is 11.7 Å². The molecule has 1 aromatic heterocycles. The van der Waals surface area contributed by atoms with Crippen molar-refractivity contribution in [3.63, 3.8) is 0 Å². The number of rotatable bonds is 3. The molecule has 1 aromatic carbocycles. The molecule has 6 aliphatic carbocycles. The molecular weight excluding hydrogens is 609 g/mol. The van der Waals surface area contributed by atoms with Crippen LogP contribution in [-0.2, 0) is 12.8 Å². The summed E-state index contributed by atoms with van der Waals surface area (Å²) in [5.74, 6) is 2.15. The number of allylic oxidation sites excluding steroid dienone is 15. The van der Waals surface area contributed by atoms with Gasteiger partial charge in [0.15, 0.2) is 0 Å². The maximum Gasteiger partial charge on any atom is 0.146 e. The first-order valence-electron chi connectivity index (χ1n) is 18.4. The zero-order chi connectivity index (χ0) is 33.3. The van der Waals surface area contributed by atoms with E-state index >= 15 is 0 Å². The number of aromatic nitrogens is 1. The second kappa shape index (κ2) is 11.6. The minimum absolute atomic E-state index is 0.0995. The van der Waals surface area contributed by atoms with Gasteiger partial charge in [0.25, 0.3) is 0 Å². The van der Waals surface area contributed by atoms with Gasteiger partial charge in [-0.1, -0.05) is 97.2 Å². The zero-order valence-electron chi connectivity index (χ0n) is 28.3. The molecule has 0 amide bonds. The third-order valence-electron chi connectivity index (χ3n) is 12.2. The van der Waals surface area contributed by atoms with E-state index in [9.17, 15) is 5.26 Å². The number of para-hydroxylation sites is 1. The Hall–Kier alpha value is -5.40. The predicted molar refractivity (Wildman–Crippen MR) is 205 cm³/mol. The Kier molecular flexibility index (Phi) is 6.84. The maximum atomic E-state index is 10.2. The first kappa shape index (κ1) is 29.5. The second-order valence-corrected chi connectivity index (χ2v) is 14.8. The molecule has 3 heterocycles. The molecule has 0 N–H and O–H groups in total. The molecule has 8 aliphatic rings. The summed E-state index contributed by atoms with van der Waals surface area (Å²) in [6.45, 7) is 4.49. The normalized spacial score (nSPS) is 28.5. The molecule has 0 fully saturated rings. The largest absolute Gasteiger partial charge is 0.334 e. The van der Waals surface area contributed by atoms with E-state index in [0.717, 1.165) is 61.9 Å². The Morgan fingerprint density at radius 1 is 0.900 bits per heavy atom. The lowest BCUT2D eigenvalue weighted by atomic mass is 9.72. The van der Waals surface area contributed by atoms with Crippen LogP contribution in [0.4, 0.5) is 5.69 Å². The highest BCUT2D eigenvalue weighted by Crippen LogP contribution is 2.52. The Balaban J connectivity index is 1.06. The quantitative estimate of drug-likeness (QED) is 0.333. The molecule has 4 heteroatoms. The Labute approximate surface area is 294 Å². The van der Waals surface area contributed by atoms with Crippen molar-refractivity contribution in [1.82, 2.24) is 4.57 Å². The Morgan fingerprint density at radius 2 is 1.80 bits per heavy atom. The highest BCUT2D eigenvalue weighted by atomic mass is 15.2. The lowest BCUT2D eigenvalue weighted by Crippen LogP contribution is -2.33. The summed E-state index contributed by atoms with van der Waals surface area (Å²) in [6.07, 6.45) is 39.4. The van der Waals surface area contributed by atoms with Crippen molar-refractivity contribution in [3.05, 3.63) is 166 Å². The molecule has 0 saturated carbocycles.